The first kappa shape index (κ1) is 16.4. The second-order valence-electron chi connectivity index (χ2n) is 4.62. The molecule has 0 fully saturated rings. The van der Waals surface area contributed by atoms with Crippen LogP contribution in [0.2, 0.25) is 0 Å². The molecular weight excluding hydrogens is 222 g/mol. The van der Waals surface area contributed by atoms with Gasteiger partial charge >= 0.3 is 5.97 Å². The predicted octanol–water partition coefficient (Wildman–Crippen LogP) is 0.871. The fraction of sp³-hybridized carbons (Fsp3) is 0.917. The van der Waals surface area contributed by atoms with E-state index in [1.54, 1.807) is 0 Å². The molecule has 0 saturated carbocycles. The van der Waals surface area contributed by atoms with Crippen LogP contribution in [-0.4, -0.2) is 39.5 Å². The number of rotatable bonds is 10. The molecule has 0 aliphatic heterocycles. The van der Waals surface area contributed by atoms with E-state index in [9.17, 15) is 15.0 Å². The first-order valence-electron chi connectivity index (χ1n) is 6.29. The standard InChI is InChI=1S/C12H25NO4/c1-2-3-4-9(13)7-10(14)5-6-11(15)8-12(16)17/h9-11,14-15H,2-8,13H2,1H3,(H,16,17). The highest BCUT2D eigenvalue weighted by molar-refractivity contribution is 5.67. The number of hydrogen-bond acceptors (Lipinski definition) is 4. The van der Waals surface area contributed by atoms with E-state index in [1.807, 2.05) is 0 Å². The molecule has 5 N–H and O–H groups in total. The maximum Gasteiger partial charge on any atom is 0.305 e. The van der Waals surface area contributed by atoms with E-state index in [1.165, 1.54) is 0 Å². The Bertz CT molecular complexity index is 211. The molecule has 0 aromatic carbocycles. The van der Waals surface area contributed by atoms with E-state index in [0.29, 0.717) is 19.3 Å². The molecule has 0 radical (unpaired) electrons. The van der Waals surface area contributed by atoms with Crippen molar-refractivity contribution in [2.24, 2.45) is 5.73 Å². The Balaban J connectivity index is 3.63. The molecule has 0 aromatic heterocycles. The summed E-state index contributed by atoms with van der Waals surface area (Å²) < 4.78 is 0. The molecule has 102 valence electrons. The van der Waals surface area contributed by atoms with E-state index in [0.717, 1.165) is 19.3 Å². The Morgan fingerprint density at radius 1 is 1.18 bits per heavy atom. The Kier molecular flexibility index (Phi) is 9.03. The van der Waals surface area contributed by atoms with E-state index < -0.39 is 18.2 Å². The molecule has 17 heavy (non-hydrogen) atoms. The zero-order valence-electron chi connectivity index (χ0n) is 10.5. The van der Waals surface area contributed by atoms with Crippen LogP contribution in [0.15, 0.2) is 0 Å². The van der Waals surface area contributed by atoms with Gasteiger partial charge in [-0.1, -0.05) is 19.8 Å². The van der Waals surface area contributed by atoms with Crippen LogP contribution in [0, 0.1) is 0 Å². The molecule has 0 spiro atoms. The van der Waals surface area contributed by atoms with Gasteiger partial charge in [0, 0.05) is 6.04 Å². The molecule has 3 unspecified atom stereocenters. The number of unbranched alkanes of at least 4 members (excludes halogenated alkanes) is 1. The van der Waals surface area contributed by atoms with Crippen LogP contribution in [0.4, 0.5) is 0 Å². The molecule has 0 saturated heterocycles. The summed E-state index contributed by atoms with van der Waals surface area (Å²) in [5, 5.41) is 27.4. The lowest BCUT2D eigenvalue weighted by molar-refractivity contribution is -0.139. The summed E-state index contributed by atoms with van der Waals surface area (Å²) >= 11 is 0. The van der Waals surface area contributed by atoms with Gasteiger partial charge in [-0.25, -0.2) is 0 Å². The molecule has 0 rings (SSSR count). The fourth-order valence-corrected chi connectivity index (χ4v) is 1.74. The van der Waals surface area contributed by atoms with Gasteiger partial charge in [0.1, 0.15) is 0 Å². The van der Waals surface area contributed by atoms with Crippen LogP contribution in [0.3, 0.4) is 0 Å². The van der Waals surface area contributed by atoms with Gasteiger partial charge in [0.05, 0.1) is 18.6 Å². The number of carboxylic acids is 1. The van der Waals surface area contributed by atoms with E-state index in [-0.39, 0.29) is 12.5 Å². The van der Waals surface area contributed by atoms with E-state index >= 15 is 0 Å². The van der Waals surface area contributed by atoms with Gasteiger partial charge in [-0.05, 0) is 25.7 Å². The summed E-state index contributed by atoms with van der Waals surface area (Å²) in [6.45, 7) is 2.09. The van der Waals surface area contributed by atoms with Gasteiger partial charge in [0.2, 0.25) is 0 Å². The molecule has 0 aliphatic carbocycles. The van der Waals surface area contributed by atoms with Gasteiger partial charge in [-0.15, -0.1) is 0 Å². The zero-order valence-corrected chi connectivity index (χ0v) is 10.5. The molecular formula is C12H25NO4. The average molecular weight is 247 g/mol. The van der Waals surface area contributed by atoms with Gasteiger partial charge in [-0.3, -0.25) is 4.79 Å². The Morgan fingerprint density at radius 2 is 1.76 bits per heavy atom. The van der Waals surface area contributed by atoms with Gasteiger partial charge < -0.3 is 21.1 Å². The minimum atomic E-state index is -1.02. The van der Waals surface area contributed by atoms with Crippen molar-refractivity contribution in [1.29, 1.82) is 0 Å². The van der Waals surface area contributed by atoms with Crippen molar-refractivity contribution in [3.05, 3.63) is 0 Å². The summed E-state index contributed by atoms with van der Waals surface area (Å²) in [5.74, 6) is -1.02. The quantitative estimate of drug-likeness (QED) is 0.458. The lowest BCUT2D eigenvalue weighted by Crippen LogP contribution is -2.27. The van der Waals surface area contributed by atoms with Crippen LogP contribution in [0.25, 0.3) is 0 Å². The Hall–Kier alpha value is -0.650. The van der Waals surface area contributed by atoms with Crippen LogP contribution >= 0.6 is 0 Å². The SMILES string of the molecule is CCCCC(N)CC(O)CCC(O)CC(=O)O. The van der Waals surface area contributed by atoms with Crippen LogP contribution in [-0.2, 0) is 4.79 Å². The molecule has 0 bridgehead atoms. The lowest BCUT2D eigenvalue weighted by Gasteiger charge is -2.17. The smallest absolute Gasteiger partial charge is 0.305 e. The average Bonchev–Trinajstić information content (AvgIpc) is 2.22. The molecule has 0 amide bonds. The lowest BCUT2D eigenvalue weighted by atomic mass is 9.99. The third kappa shape index (κ3) is 10.2. The summed E-state index contributed by atoms with van der Waals surface area (Å²) in [6, 6.07) is -0.0124. The van der Waals surface area contributed by atoms with E-state index in [2.05, 4.69) is 6.92 Å². The van der Waals surface area contributed by atoms with Crippen LogP contribution < -0.4 is 5.73 Å². The van der Waals surface area contributed by atoms with Gasteiger partial charge in [0.15, 0.2) is 0 Å². The maximum atomic E-state index is 10.3. The summed E-state index contributed by atoms with van der Waals surface area (Å²) in [6.07, 6.45) is 2.54. The molecule has 0 aliphatic rings. The second-order valence-corrected chi connectivity index (χ2v) is 4.62. The number of aliphatic hydroxyl groups excluding tert-OH is 2. The highest BCUT2D eigenvalue weighted by Crippen LogP contribution is 2.11. The number of aliphatic carboxylic acids is 1. The Labute approximate surface area is 103 Å². The molecule has 5 nitrogen and oxygen atoms in total. The number of carboxylic acid groups (broad SMARTS) is 1. The van der Waals surface area contributed by atoms with Crippen molar-refractivity contribution < 1.29 is 20.1 Å². The Morgan fingerprint density at radius 3 is 2.29 bits per heavy atom. The number of carbonyl (C=O) groups is 1. The maximum absolute atomic E-state index is 10.3. The minimum Gasteiger partial charge on any atom is -0.481 e. The first-order chi connectivity index (χ1) is 7.95. The van der Waals surface area contributed by atoms with Crippen molar-refractivity contribution in [3.8, 4) is 0 Å². The van der Waals surface area contributed by atoms with Crippen LogP contribution in [0.1, 0.15) is 51.9 Å². The highest BCUT2D eigenvalue weighted by atomic mass is 16.4. The molecule has 0 aromatic rings. The number of hydrogen-bond donors (Lipinski definition) is 4. The summed E-state index contributed by atoms with van der Waals surface area (Å²) in [5.41, 5.74) is 5.83. The van der Waals surface area contributed by atoms with Crippen molar-refractivity contribution in [2.75, 3.05) is 0 Å². The second kappa shape index (κ2) is 9.39. The predicted molar refractivity (Wildman–Crippen MR) is 65.6 cm³/mol. The van der Waals surface area contributed by atoms with Gasteiger partial charge in [-0.2, -0.15) is 0 Å². The fourth-order valence-electron chi connectivity index (χ4n) is 1.74. The first-order valence-corrected chi connectivity index (χ1v) is 6.29. The topological polar surface area (TPSA) is 104 Å². The largest absolute Gasteiger partial charge is 0.481 e. The van der Waals surface area contributed by atoms with Crippen molar-refractivity contribution in [2.45, 2.75) is 70.1 Å². The highest BCUT2D eigenvalue weighted by Gasteiger charge is 2.14. The third-order valence-corrected chi connectivity index (χ3v) is 2.75. The molecule has 0 heterocycles. The van der Waals surface area contributed by atoms with Gasteiger partial charge in [0.25, 0.3) is 0 Å². The minimum absolute atomic E-state index is 0.0124. The monoisotopic (exact) mass is 247 g/mol. The third-order valence-electron chi connectivity index (χ3n) is 2.75. The van der Waals surface area contributed by atoms with Crippen molar-refractivity contribution >= 4 is 5.97 Å². The molecule has 5 heteroatoms. The summed E-state index contributed by atoms with van der Waals surface area (Å²) in [4.78, 5) is 10.3. The van der Waals surface area contributed by atoms with E-state index in [4.69, 9.17) is 10.8 Å². The zero-order chi connectivity index (χ0) is 13.3. The van der Waals surface area contributed by atoms with Crippen LogP contribution in [0.5, 0.6) is 0 Å². The molecule has 3 atom stereocenters. The number of aliphatic hydroxyl groups is 2. The normalized spacial score (nSPS) is 16.5. The number of nitrogens with two attached hydrogens (primary N) is 1. The summed E-state index contributed by atoms with van der Waals surface area (Å²) in [7, 11) is 0. The van der Waals surface area contributed by atoms with Crippen molar-refractivity contribution in [3.63, 3.8) is 0 Å². The van der Waals surface area contributed by atoms with Crippen molar-refractivity contribution in [1.82, 2.24) is 0 Å².